The van der Waals surface area contributed by atoms with Gasteiger partial charge < -0.3 is 0 Å². The number of halogens is 1. The first kappa shape index (κ1) is 26.7. The standard InChI is InChI=1S/C31H20BrN5O6/c32-17-9-11-18(12-10-17)35-29(38)27-26-20-5-1-3-7-22(20)31(28(27)30(35)39,23-8-4-2-6-21(23)26)16-33-34-24-14-13-19(36(40)41)15-25(24)37(42)43/h1-16,26-28,34H/b33-16+. The fourth-order valence-electron chi connectivity index (χ4n) is 6.98. The molecule has 1 heterocycles. The third-order valence-corrected chi connectivity index (χ3v) is 9.14. The average Bonchev–Trinajstić information content (AvgIpc) is 3.28. The van der Waals surface area contributed by atoms with Gasteiger partial charge in [0, 0.05) is 22.7 Å². The molecule has 12 heteroatoms. The van der Waals surface area contributed by atoms with E-state index in [1.807, 2.05) is 48.5 Å². The maximum Gasteiger partial charge on any atom is 0.301 e. The molecule has 2 bridgehead atoms. The number of carbonyl (C=O) groups is 2. The maximum absolute atomic E-state index is 14.4. The molecule has 2 unspecified atom stereocenters. The minimum Gasteiger partial charge on any atom is -0.274 e. The molecule has 4 aromatic carbocycles. The van der Waals surface area contributed by atoms with Crippen molar-refractivity contribution in [3.8, 4) is 0 Å². The van der Waals surface area contributed by atoms with E-state index in [2.05, 4.69) is 26.5 Å². The second-order valence-electron chi connectivity index (χ2n) is 10.6. The number of imide groups is 1. The van der Waals surface area contributed by atoms with Gasteiger partial charge in [-0.25, -0.2) is 4.90 Å². The number of nitrogens with one attached hydrogen (secondary N) is 1. The van der Waals surface area contributed by atoms with Gasteiger partial charge in [-0.3, -0.25) is 35.2 Å². The number of benzene rings is 4. The highest BCUT2D eigenvalue weighted by molar-refractivity contribution is 9.10. The van der Waals surface area contributed by atoms with Gasteiger partial charge in [-0.05, 0) is 52.6 Å². The summed E-state index contributed by atoms with van der Waals surface area (Å²) in [6.45, 7) is 0. The number of carbonyl (C=O) groups excluding carboxylic acids is 2. The predicted molar refractivity (Wildman–Crippen MR) is 161 cm³/mol. The Morgan fingerprint density at radius 3 is 2.07 bits per heavy atom. The van der Waals surface area contributed by atoms with Crippen LogP contribution in [-0.4, -0.2) is 27.9 Å². The molecular formula is C31H20BrN5O6. The largest absolute Gasteiger partial charge is 0.301 e. The lowest BCUT2D eigenvalue weighted by atomic mass is 9.47. The number of nitro groups is 2. The Morgan fingerprint density at radius 2 is 1.47 bits per heavy atom. The van der Waals surface area contributed by atoms with E-state index in [9.17, 15) is 29.8 Å². The summed E-state index contributed by atoms with van der Waals surface area (Å²) >= 11 is 3.41. The fourth-order valence-corrected chi connectivity index (χ4v) is 7.24. The monoisotopic (exact) mass is 637 g/mol. The van der Waals surface area contributed by atoms with Crippen LogP contribution in [0.2, 0.25) is 0 Å². The second kappa shape index (κ2) is 9.66. The molecule has 1 aliphatic heterocycles. The summed E-state index contributed by atoms with van der Waals surface area (Å²) in [6.07, 6.45) is 1.55. The zero-order valence-corrected chi connectivity index (χ0v) is 23.7. The molecule has 2 amide bonds. The highest BCUT2D eigenvalue weighted by Gasteiger charge is 2.68. The summed E-state index contributed by atoms with van der Waals surface area (Å²) in [6, 6.07) is 25.5. The molecule has 0 aromatic heterocycles. The van der Waals surface area contributed by atoms with Crippen LogP contribution in [0.1, 0.15) is 28.2 Å². The van der Waals surface area contributed by atoms with Crippen molar-refractivity contribution in [2.45, 2.75) is 11.3 Å². The molecule has 212 valence electrons. The van der Waals surface area contributed by atoms with Crippen LogP contribution in [0, 0.1) is 32.1 Å². The number of hydrogen-bond donors (Lipinski definition) is 1. The molecule has 43 heavy (non-hydrogen) atoms. The Balaban J connectivity index is 1.41. The number of anilines is 2. The molecule has 0 radical (unpaired) electrons. The first-order valence-electron chi connectivity index (χ1n) is 13.3. The molecule has 11 nitrogen and oxygen atoms in total. The molecule has 0 saturated carbocycles. The molecule has 3 aliphatic carbocycles. The molecular weight excluding hydrogens is 618 g/mol. The van der Waals surface area contributed by atoms with E-state index < -0.39 is 38.5 Å². The number of hydrogen-bond acceptors (Lipinski definition) is 8. The topological polar surface area (TPSA) is 148 Å². The van der Waals surface area contributed by atoms with E-state index in [1.54, 1.807) is 30.5 Å². The number of amides is 2. The molecule has 0 spiro atoms. The molecule has 4 aliphatic rings. The summed E-state index contributed by atoms with van der Waals surface area (Å²) in [5, 5.41) is 27.4. The quantitative estimate of drug-likeness (QED) is 0.119. The van der Waals surface area contributed by atoms with Crippen LogP contribution in [0.5, 0.6) is 0 Å². The van der Waals surface area contributed by atoms with Crippen LogP contribution in [0.4, 0.5) is 22.7 Å². The van der Waals surface area contributed by atoms with E-state index >= 15 is 0 Å². The molecule has 8 rings (SSSR count). The molecule has 1 N–H and O–H groups in total. The number of hydrazone groups is 1. The van der Waals surface area contributed by atoms with Crippen molar-refractivity contribution in [3.63, 3.8) is 0 Å². The van der Waals surface area contributed by atoms with Gasteiger partial charge in [-0.2, -0.15) is 5.10 Å². The van der Waals surface area contributed by atoms with Gasteiger partial charge in [0.25, 0.3) is 5.69 Å². The number of nitro benzene ring substituents is 2. The Bertz CT molecular complexity index is 1860. The SMILES string of the molecule is O=C1C2C3c4ccccc4C(/C=N/Nc4ccc([N+](=O)[O-])cc4[N+](=O)[O-])(c4ccccc43)C2C(=O)N1c1ccc(Br)cc1. The molecule has 1 fully saturated rings. The van der Waals surface area contributed by atoms with Gasteiger partial charge in [-0.1, -0.05) is 64.5 Å². The zero-order chi connectivity index (χ0) is 30.0. The van der Waals surface area contributed by atoms with Crippen LogP contribution in [0.15, 0.2) is 101 Å². The lowest BCUT2D eigenvalue weighted by Gasteiger charge is -2.52. The Morgan fingerprint density at radius 1 is 0.837 bits per heavy atom. The van der Waals surface area contributed by atoms with E-state index in [1.165, 1.54) is 11.0 Å². The van der Waals surface area contributed by atoms with E-state index in [0.717, 1.165) is 38.9 Å². The second-order valence-corrected chi connectivity index (χ2v) is 11.5. The van der Waals surface area contributed by atoms with Crippen LogP contribution < -0.4 is 10.3 Å². The van der Waals surface area contributed by atoms with E-state index in [-0.39, 0.29) is 23.4 Å². The van der Waals surface area contributed by atoms with E-state index in [0.29, 0.717) is 5.69 Å². The first-order chi connectivity index (χ1) is 20.7. The van der Waals surface area contributed by atoms with Crippen molar-refractivity contribution in [2.24, 2.45) is 16.9 Å². The van der Waals surface area contributed by atoms with Crippen LogP contribution >= 0.6 is 15.9 Å². The summed E-state index contributed by atoms with van der Waals surface area (Å²) < 4.78 is 0.808. The van der Waals surface area contributed by atoms with Crippen LogP contribution in [0.25, 0.3) is 0 Å². The summed E-state index contributed by atoms with van der Waals surface area (Å²) in [7, 11) is 0. The van der Waals surface area contributed by atoms with E-state index in [4.69, 9.17) is 0 Å². The van der Waals surface area contributed by atoms with Crippen molar-refractivity contribution >= 4 is 56.7 Å². The van der Waals surface area contributed by atoms with Gasteiger partial charge in [0.05, 0.1) is 38.9 Å². The van der Waals surface area contributed by atoms with Crippen LogP contribution in [-0.2, 0) is 15.0 Å². The highest BCUT2D eigenvalue weighted by Crippen LogP contribution is 2.63. The Labute approximate surface area is 252 Å². The van der Waals surface area contributed by atoms with Gasteiger partial charge in [0.2, 0.25) is 11.8 Å². The lowest BCUT2D eigenvalue weighted by Crippen LogP contribution is -2.54. The molecule has 1 saturated heterocycles. The van der Waals surface area contributed by atoms with Crippen molar-refractivity contribution in [3.05, 3.63) is 138 Å². The fraction of sp³-hybridized carbons (Fsp3) is 0.129. The lowest BCUT2D eigenvalue weighted by molar-refractivity contribution is -0.393. The minimum atomic E-state index is -1.19. The maximum atomic E-state index is 14.4. The smallest absolute Gasteiger partial charge is 0.274 e. The third-order valence-electron chi connectivity index (χ3n) is 8.61. The van der Waals surface area contributed by atoms with Crippen molar-refractivity contribution < 1.29 is 19.4 Å². The number of non-ortho nitro benzene ring substituents is 1. The number of rotatable bonds is 6. The van der Waals surface area contributed by atoms with Gasteiger partial charge in [0.1, 0.15) is 5.69 Å². The summed E-state index contributed by atoms with van der Waals surface area (Å²) in [5.41, 5.74) is 4.42. The zero-order valence-electron chi connectivity index (χ0n) is 22.1. The third kappa shape index (κ3) is 3.76. The average molecular weight is 638 g/mol. The van der Waals surface area contributed by atoms with Crippen molar-refractivity contribution in [1.82, 2.24) is 0 Å². The van der Waals surface area contributed by atoms with Crippen LogP contribution in [0.3, 0.4) is 0 Å². The normalized spacial score (nSPS) is 23.2. The number of nitrogens with zero attached hydrogens (tertiary/aromatic N) is 4. The first-order valence-corrected chi connectivity index (χ1v) is 14.1. The predicted octanol–water partition coefficient (Wildman–Crippen LogP) is 5.91. The summed E-state index contributed by atoms with van der Waals surface area (Å²) in [5.74, 6) is -2.56. The van der Waals surface area contributed by atoms with Gasteiger partial charge in [0.15, 0.2) is 0 Å². The van der Waals surface area contributed by atoms with Crippen molar-refractivity contribution in [2.75, 3.05) is 10.3 Å². The van der Waals surface area contributed by atoms with Crippen molar-refractivity contribution in [1.29, 1.82) is 0 Å². The van der Waals surface area contributed by atoms with Gasteiger partial charge >= 0.3 is 5.69 Å². The molecule has 2 atom stereocenters. The Hall–Kier alpha value is -5.23. The Kier molecular flexibility index (Phi) is 5.99. The summed E-state index contributed by atoms with van der Waals surface area (Å²) in [4.78, 5) is 51.3. The minimum absolute atomic E-state index is 0.0591. The molecule has 4 aromatic rings. The van der Waals surface area contributed by atoms with Gasteiger partial charge in [-0.15, -0.1) is 0 Å². The highest BCUT2D eigenvalue weighted by atomic mass is 79.9.